The van der Waals surface area contributed by atoms with Gasteiger partial charge in [-0.2, -0.15) is 0 Å². The van der Waals surface area contributed by atoms with Gasteiger partial charge in [-0.15, -0.1) is 11.3 Å². The summed E-state index contributed by atoms with van der Waals surface area (Å²) in [7, 11) is -3.77. The number of halogens is 2. The van der Waals surface area contributed by atoms with Crippen molar-refractivity contribution in [2.45, 2.75) is 14.3 Å². The van der Waals surface area contributed by atoms with E-state index in [0.717, 1.165) is 29.3 Å². The molecule has 7 nitrogen and oxygen atoms in total. The zero-order chi connectivity index (χ0) is 20.3. The number of anilines is 2. The van der Waals surface area contributed by atoms with Gasteiger partial charge in [0, 0.05) is 5.02 Å². The van der Waals surface area contributed by atoms with Gasteiger partial charge in [-0.3, -0.25) is 4.79 Å². The van der Waals surface area contributed by atoms with Crippen LogP contribution in [0.15, 0.2) is 56.2 Å². The Balaban J connectivity index is 1.68. The van der Waals surface area contributed by atoms with Gasteiger partial charge in [-0.05, 0) is 29.6 Å². The lowest BCUT2D eigenvalue weighted by Crippen LogP contribution is -2.15. The Kier molecular flexibility index (Phi) is 6.46. The average Bonchev–Trinajstić information content (AvgIpc) is 3.18. The minimum Gasteiger partial charge on any atom is -0.382 e. The zero-order valence-electron chi connectivity index (χ0n) is 13.9. The number of hydrogen-bond acceptors (Lipinski definition) is 8. The summed E-state index contributed by atoms with van der Waals surface area (Å²) in [5.74, 6) is -0.560. The largest absolute Gasteiger partial charge is 0.382 e. The second kappa shape index (κ2) is 8.66. The van der Waals surface area contributed by atoms with Crippen LogP contribution < -0.4 is 11.1 Å². The van der Waals surface area contributed by atoms with E-state index >= 15 is 0 Å². The molecule has 2 heterocycles. The standard InChI is InChI=1S/C16H12Cl2N4O3S3/c17-9-3-4-10(18)11(6-9)21-13(23)8-27-16-20-7-12(15(19)22-16)28(24,25)14-2-1-5-26-14/h1-7H,8H2,(H,21,23)(H2,19,20,22). The summed E-state index contributed by atoms with van der Waals surface area (Å²) in [6.07, 6.45) is 1.14. The molecule has 0 bridgehead atoms. The molecule has 3 N–H and O–H groups in total. The van der Waals surface area contributed by atoms with E-state index in [-0.39, 0.29) is 31.7 Å². The van der Waals surface area contributed by atoms with E-state index in [0.29, 0.717) is 15.7 Å². The van der Waals surface area contributed by atoms with Crippen LogP contribution in [0.25, 0.3) is 0 Å². The molecule has 0 aliphatic heterocycles. The van der Waals surface area contributed by atoms with Gasteiger partial charge in [-0.1, -0.05) is 41.0 Å². The summed E-state index contributed by atoms with van der Waals surface area (Å²) in [6.45, 7) is 0. The number of sulfone groups is 1. The summed E-state index contributed by atoms with van der Waals surface area (Å²) in [6, 6.07) is 7.82. The van der Waals surface area contributed by atoms with Gasteiger partial charge >= 0.3 is 0 Å². The molecule has 0 aliphatic rings. The highest BCUT2D eigenvalue weighted by Gasteiger charge is 2.23. The van der Waals surface area contributed by atoms with Crippen LogP contribution in [0.4, 0.5) is 11.5 Å². The molecule has 0 radical (unpaired) electrons. The maximum Gasteiger partial charge on any atom is 0.234 e. The fourth-order valence-electron chi connectivity index (χ4n) is 2.08. The van der Waals surface area contributed by atoms with Crippen molar-refractivity contribution < 1.29 is 13.2 Å². The summed E-state index contributed by atoms with van der Waals surface area (Å²) < 4.78 is 25.2. The molecule has 1 aromatic carbocycles. The number of carbonyl (C=O) groups excluding carboxylic acids is 1. The molecule has 0 atom stereocenters. The van der Waals surface area contributed by atoms with Gasteiger partial charge in [0.2, 0.25) is 15.7 Å². The Morgan fingerprint density at radius 2 is 2.07 bits per heavy atom. The molecule has 0 fully saturated rings. The van der Waals surface area contributed by atoms with Gasteiger partial charge in [0.25, 0.3) is 0 Å². The van der Waals surface area contributed by atoms with Crippen LogP contribution >= 0.6 is 46.3 Å². The molecule has 0 saturated carbocycles. The van der Waals surface area contributed by atoms with Crippen LogP contribution in [0.5, 0.6) is 0 Å². The molecule has 3 aromatic rings. The van der Waals surface area contributed by atoms with Gasteiger partial charge < -0.3 is 11.1 Å². The Hall–Kier alpha value is -1.85. The molecule has 28 heavy (non-hydrogen) atoms. The second-order valence-electron chi connectivity index (χ2n) is 5.30. The quantitative estimate of drug-likeness (QED) is 0.409. The third-order valence-corrected chi connectivity index (χ3v) is 7.94. The third kappa shape index (κ3) is 4.76. The minimum absolute atomic E-state index is 0.0285. The number of benzene rings is 1. The second-order valence-corrected chi connectivity index (χ2v) is 10.2. The third-order valence-electron chi connectivity index (χ3n) is 3.35. The predicted octanol–water partition coefficient (Wildman–Crippen LogP) is 3.99. The van der Waals surface area contributed by atoms with Crippen LogP contribution in [-0.2, 0) is 14.6 Å². The first-order valence-electron chi connectivity index (χ1n) is 7.56. The highest BCUT2D eigenvalue weighted by atomic mass is 35.5. The maximum atomic E-state index is 12.5. The van der Waals surface area contributed by atoms with Crippen LogP contribution in [0.3, 0.4) is 0 Å². The first-order valence-corrected chi connectivity index (χ1v) is 11.7. The fraction of sp³-hybridized carbons (Fsp3) is 0.0625. The van der Waals surface area contributed by atoms with Crippen molar-refractivity contribution in [1.82, 2.24) is 9.97 Å². The predicted molar refractivity (Wildman–Crippen MR) is 112 cm³/mol. The van der Waals surface area contributed by atoms with Crippen LogP contribution in [0.1, 0.15) is 0 Å². The lowest BCUT2D eigenvalue weighted by Gasteiger charge is -2.08. The molecule has 0 saturated heterocycles. The normalized spacial score (nSPS) is 11.4. The van der Waals surface area contributed by atoms with E-state index in [4.69, 9.17) is 28.9 Å². The van der Waals surface area contributed by atoms with Gasteiger partial charge in [-0.25, -0.2) is 18.4 Å². The number of nitrogens with two attached hydrogens (primary N) is 1. The Bertz CT molecular complexity index is 1120. The number of nitrogen functional groups attached to an aromatic ring is 1. The number of thiophene rings is 1. The highest BCUT2D eigenvalue weighted by Crippen LogP contribution is 2.29. The SMILES string of the molecule is Nc1nc(SCC(=O)Nc2cc(Cl)ccc2Cl)ncc1S(=O)(=O)c1cccs1. The number of nitrogens with one attached hydrogen (secondary N) is 1. The number of rotatable bonds is 6. The average molecular weight is 475 g/mol. The summed E-state index contributed by atoms with van der Waals surface area (Å²) in [5.41, 5.74) is 6.20. The topological polar surface area (TPSA) is 115 Å². The molecular weight excluding hydrogens is 463 g/mol. The van der Waals surface area contributed by atoms with Crippen molar-refractivity contribution in [3.05, 3.63) is 52.0 Å². The van der Waals surface area contributed by atoms with E-state index in [1.807, 2.05) is 0 Å². The van der Waals surface area contributed by atoms with Gasteiger partial charge in [0.05, 0.1) is 22.7 Å². The first-order chi connectivity index (χ1) is 13.3. The molecule has 146 valence electrons. The summed E-state index contributed by atoms with van der Waals surface area (Å²) >= 11 is 14.0. The summed E-state index contributed by atoms with van der Waals surface area (Å²) in [4.78, 5) is 19.9. The Morgan fingerprint density at radius 3 is 2.75 bits per heavy atom. The molecule has 12 heteroatoms. The fourth-order valence-corrected chi connectivity index (χ4v) is 5.42. The zero-order valence-corrected chi connectivity index (χ0v) is 17.9. The van der Waals surface area contributed by atoms with E-state index in [2.05, 4.69) is 15.3 Å². The number of aromatic nitrogens is 2. The highest BCUT2D eigenvalue weighted by molar-refractivity contribution is 7.99. The number of thioether (sulfide) groups is 1. The van der Waals surface area contributed by atoms with E-state index in [1.165, 1.54) is 12.1 Å². The molecule has 1 amide bonds. The maximum absolute atomic E-state index is 12.5. The smallest absolute Gasteiger partial charge is 0.234 e. The van der Waals surface area contributed by atoms with Crippen molar-refractivity contribution in [2.75, 3.05) is 16.8 Å². The molecule has 2 aromatic heterocycles. The van der Waals surface area contributed by atoms with Crippen molar-refractivity contribution in [3.8, 4) is 0 Å². The molecule has 0 spiro atoms. The summed E-state index contributed by atoms with van der Waals surface area (Å²) in [5, 5.41) is 5.25. The molecule has 0 unspecified atom stereocenters. The van der Waals surface area contributed by atoms with E-state index < -0.39 is 9.84 Å². The Morgan fingerprint density at radius 1 is 1.29 bits per heavy atom. The lowest BCUT2D eigenvalue weighted by atomic mass is 10.3. The molecule has 0 aliphatic carbocycles. The molecular formula is C16H12Cl2N4O3S3. The van der Waals surface area contributed by atoms with Crippen LogP contribution in [0.2, 0.25) is 10.0 Å². The van der Waals surface area contributed by atoms with Crippen LogP contribution in [-0.4, -0.2) is 30.0 Å². The van der Waals surface area contributed by atoms with Crippen molar-refractivity contribution in [2.24, 2.45) is 0 Å². The number of nitrogens with zero attached hydrogens (tertiary/aromatic N) is 2. The van der Waals surface area contributed by atoms with Crippen molar-refractivity contribution in [1.29, 1.82) is 0 Å². The van der Waals surface area contributed by atoms with E-state index in [1.54, 1.807) is 23.6 Å². The monoisotopic (exact) mass is 474 g/mol. The van der Waals surface area contributed by atoms with Crippen LogP contribution in [0, 0.1) is 0 Å². The molecule has 3 rings (SSSR count). The van der Waals surface area contributed by atoms with Gasteiger partial charge in [0.1, 0.15) is 14.9 Å². The number of carbonyl (C=O) groups is 1. The van der Waals surface area contributed by atoms with Crippen molar-refractivity contribution >= 4 is 73.6 Å². The minimum atomic E-state index is -3.77. The lowest BCUT2D eigenvalue weighted by molar-refractivity contribution is -0.113. The van der Waals surface area contributed by atoms with Gasteiger partial charge in [0.15, 0.2) is 5.16 Å². The van der Waals surface area contributed by atoms with Crippen molar-refractivity contribution in [3.63, 3.8) is 0 Å². The Labute approximate surface area is 179 Å². The van der Waals surface area contributed by atoms with E-state index in [9.17, 15) is 13.2 Å². The number of amides is 1. The number of hydrogen-bond donors (Lipinski definition) is 2. The first kappa shape index (κ1) is 20.9.